The number of ether oxygens (including phenoxy) is 1. The number of allylic oxidation sites excluding steroid dienone is 1. The van der Waals surface area contributed by atoms with E-state index in [0.29, 0.717) is 11.6 Å². The van der Waals surface area contributed by atoms with E-state index in [9.17, 15) is 9.59 Å². The fourth-order valence-electron chi connectivity index (χ4n) is 3.96. The highest BCUT2D eigenvalue weighted by Crippen LogP contribution is 2.34. The second-order valence-corrected chi connectivity index (χ2v) is 7.84. The van der Waals surface area contributed by atoms with Crippen LogP contribution in [0.25, 0.3) is 0 Å². The Morgan fingerprint density at radius 2 is 1.90 bits per heavy atom. The van der Waals surface area contributed by atoms with Crippen LogP contribution in [0.2, 0.25) is 5.02 Å². The Labute approximate surface area is 175 Å². The van der Waals surface area contributed by atoms with Crippen LogP contribution in [0.1, 0.15) is 18.9 Å². The molecule has 2 unspecified atom stereocenters. The predicted molar refractivity (Wildman–Crippen MR) is 109 cm³/mol. The summed E-state index contributed by atoms with van der Waals surface area (Å²) in [4.78, 5) is 37.8. The lowest BCUT2D eigenvalue weighted by Crippen LogP contribution is -2.63. The summed E-state index contributed by atoms with van der Waals surface area (Å²) in [6, 6.07) is 6.25. The van der Waals surface area contributed by atoms with Gasteiger partial charge in [-0.25, -0.2) is 9.79 Å². The maximum atomic E-state index is 13.3. The van der Waals surface area contributed by atoms with Crippen molar-refractivity contribution in [3.8, 4) is 0 Å². The van der Waals surface area contributed by atoms with Crippen molar-refractivity contribution in [2.24, 2.45) is 4.99 Å². The minimum Gasteiger partial charge on any atom is -0.385 e. The number of methoxy groups -OCH3 is 1. The summed E-state index contributed by atoms with van der Waals surface area (Å²) in [5, 5.41) is 0.613. The zero-order chi connectivity index (χ0) is 20.7. The van der Waals surface area contributed by atoms with Gasteiger partial charge in [0, 0.05) is 44.2 Å². The van der Waals surface area contributed by atoms with Crippen LogP contribution < -0.4 is 0 Å². The lowest BCUT2D eigenvalue weighted by atomic mass is 10.1. The van der Waals surface area contributed by atoms with E-state index < -0.39 is 12.2 Å². The Morgan fingerprint density at radius 3 is 2.59 bits per heavy atom. The molecule has 2 atom stereocenters. The molecule has 4 rings (SSSR count). The van der Waals surface area contributed by atoms with E-state index >= 15 is 0 Å². The van der Waals surface area contributed by atoms with Gasteiger partial charge >= 0.3 is 6.03 Å². The summed E-state index contributed by atoms with van der Waals surface area (Å²) in [5.74, 6) is 0.476. The lowest BCUT2D eigenvalue weighted by Gasteiger charge is -2.40. The number of guanidine groups is 1. The third-order valence-corrected chi connectivity index (χ3v) is 5.74. The standard InChI is InChI=1S/C20H24ClN5O3/c1-13-11-25-16-17(22-19(25)24(13)9-4-10-29-3)23(2)20(28)26(18(16)27)12-14-5-7-15(21)8-6-14/h5-8,11,16-17H,4,9-10,12H2,1-3H3. The number of amides is 3. The molecule has 1 fully saturated rings. The van der Waals surface area contributed by atoms with Gasteiger partial charge in [-0.15, -0.1) is 0 Å². The van der Waals surface area contributed by atoms with Crippen molar-refractivity contribution in [3.63, 3.8) is 0 Å². The molecule has 3 aliphatic rings. The highest BCUT2D eigenvalue weighted by Gasteiger charge is 2.54. The number of carbonyl (C=O) groups is 2. The van der Waals surface area contributed by atoms with Crippen molar-refractivity contribution in [3.05, 3.63) is 46.7 Å². The average molecular weight is 418 g/mol. The molecule has 29 heavy (non-hydrogen) atoms. The predicted octanol–water partition coefficient (Wildman–Crippen LogP) is 2.31. The second kappa shape index (κ2) is 7.68. The number of fused-ring (bicyclic) bond motifs is 3. The van der Waals surface area contributed by atoms with Crippen molar-refractivity contribution >= 4 is 29.5 Å². The summed E-state index contributed by atoms with van der Waals surface area (Å²) in [6.45, 7) is 3.59. The smallest absolute Gasteiger partial charge is 0.328 e. The molecular formula is C20H24ClN5O3. The second-order valence-electron chi connectivity index (χ2n) is 7.41. The number of hydrogen-bond donors (Lipinski definition) is 0. The van der Waals surface area contributed by atoms with Crippen molar-refractivity contribution in [1.82, 2.24) is 19.6 Å². The van der Waals surface area contributed by atoms with Crippen molar-refractivity contribution in [1.29, 1.82) is 0 Å². The zero-order valence-electron chi connectivity index (χ0n) is 16.7. The zero-order valence-corrected chi connectivity index (χ0v) is 17.5. The molecule has 3 amide bonds. The van der Waals surface area contributed by atoms with Crippen LogP contribution in [-0.2, 0) is 16.1 Å². The average Bonchev–Trinajstić information content (AvgIpc) is 3.21. The Kier molecular flexibility index (Phi) is 5.23. The molecule has 3 aliphatic heterocycles. The summed E-state index contributed by atoms with van der Waals surface area (Å²) in [5.41, 5.74) is 1.87. The highest BCUT2D eigenvalue weighted by atomic mass is 35.5. The molecule has 0 radical (unpaired) electrons. The molecule has 0 spiro atoms. The SMILES string of the molecule is COCCCN1C(C)=CN2C1=NC1C2C(=O)N(Cc2ccc(Cl)cc2)C(=O)N1C. The number of imide groups is 1. The van der Waals surface area contributed by atoms with Crippen LogP contribution in [0.4, 0.5) is 4.79 Å². The topological polar surface area (TPSA) is 68.7 Å². The lowest BCUT2D eigenvalue weighted by molar-refractivity contribution is -0.137. The van der Waals surface area contributed by atoms with E-state index in [2.05, 4.69) is 4.90 Å². The van der Waals surface area contributed by atoms with Gasteiger partial charge in [-0.1, -0.05) is 23.7 Å². The number of rotatable bonds is 6. The van der Waals surface area contributed by atoms with Crippen LogP contribution in [-0.4, -0.2) is 77.0 Å². The van der Waals surface area contributed by atoms with Crippen LogP contribution in [0, 0.1) is 0 Å². The minimum absolute atomic E-state index is 0.200. The van der Waals surface area contributed by atoms with Gasteiger partial charge in [-0.2, -0.15) is 0 Å². The van der Waals surface area contributed by atoms with E-state index in [0.717, 1.165) is 30.2 Å². The fraction of sp³-hybridized carbons (Fsp3) is 0.450. The molecule has 0 bridgehead atoms. The van der Waals surface area contributed by atoms with E-state index in [4.69, 9.17) is 21.3 Å². The van der Waals surface area contributed by atoms with Gasteiger partial charge in [0.1, 0.15) is 0 Å². The van der Waals surface area contributed by atoms with Gasteiger partial charge < -0.3 is 19.4 Å². The minimum atomic E-state index is -0.553. The molecule has 0 aromatic heterocycles. The number of hydrogen-bond acceptors (Lipinski definition) is 6. The Balaban J connectivity index is 1.57. The number of halogens is 1. The molecule has 3 heterocycles. The number of likely N-dealkylation sites (N-methyl/N-ethyl adjacent to an activating group) is 1. The third kappa shape index (κ3) is 3.36. The van der Waals surface area contributed by atoms with Crippen molar-refractivity contribution in [2.45, 2.75) is 32.1 Å². The molecular weight excluding hydrogens is 394 g/mol. The summed E-state index contributed by atoms with van der Waals surface area (Å²) < 4.78 is 5.15. The van der Waals surface area contributed by atoms with Gasteiger partial charge in [-0.05, 0) is 31.0 Å². The molecule has 1 aromatic carbocycles. The van der Waals surface area contributed by atoms with Gasteiger partial charge in [0.25, 0.3) is 5.91 Å². The summed E-state index contributed by atoms with van der Waals surface area (Å²) >= 11 is 5.95. The number of aliphatic imine (C=N–C) groups is 1. The van der Waals surface area contributed by atoms with Gasteiger partial charge in [0.05, 0.1) is 6.54 Å². The number of carbonyl (C=O) groups excluding carboxylic acids is 2. The highest BCUT2D eigenvalue weighted by molar-refractivity contribution is 6.30. The van der Waals surface area contributed by atoms with Crippen LogP contribution >= 0.6 is 11.6 Å². The molecule has 1 aromatic rings. The first-order valence-electron chi connectivity index (χ1n) is 9.56. The normalized spacial score (nSPS) is 23.4. The van der Waals surface area contributed by atoms with Crippen molar-refractivity contribution in [2.75, 3.05) is 27.3 Å². The Morgan fingerprint density at radius 1 is 1.17 bits per heavy atom. The third-order valence-electron chi connectivity index (χ3n) is 5.49. The first-order valence-corrected chi connectivity index (χ1v) is 9.94. The van der Waals surface area contributed by atoms with Gasteiger partial charge in [-0.3, -0.25) is 9.69 Å². The fourth-order valence-corrected chi connectivity index (χ4v) is 4.09. The molecule has 0 N–H and O–H groups in total. The van der Waals surface area contributed by atoms with Gasteiger partial charge in [0.15, 0.2) is 12.2 Å². The monoisotopic (exact) mass is 417 g/mol. The molecule has 8 nitrogen and oxygen atoms in total. The maximum Gasteiger partial charge on any atom is 0.328 e. The molecule has 1 saturated heterocycles. The number of nitrogens with zero attached hydrogens (tertiary/aromatic N) is 5. The van der Waals surface area contributed by atoms with E-state index in [1.165, 1.54) is 4.90 Å². The molecule has 0 aliphatic carbocycles. The molecule has 9 heteroatoms. The first-order chi connectivity index (χ1) is 13.9. The van der Waals surface area contributed by atoms with E-state index in [1.54, 1.807) is 31.2 Å². The van der Waals surface area contributed by atoms with Crippen molar-refractivity contribution < 1.29 is 14.3 Å². The van der Waals surface area contributed by atoms with Gasteiger partial charge in [0.2, 0.25) is 5.96 Å². The first kappa shape index (κ1) is 19.7. The Hall–Kier alpha value is -2.58. The van der Waals surface area contributed by atoms with Crippen LogP contribution in [0.3, 0.4) is 0 Å². The largest absolute Gasteiger partial charge is 0.385 e. The summed E-state index contributed by atoms with van der Waals surface area (Å²) in [7, 11) is 3.37. The molecule has 0 saturated carbocycles. The Bertz CT molecular complexity index is 885. The van der Waals surface area contributed by atoms with E-state index in [1.807, 2.05) is 30.2 Å². The molecule has 154 valence electrons. The number of benzene rings is 1. The van der Waals surface area contributed by atoms with Crippen LogP contribution in [0.5, 0.6) is 0 Å². The van der Waals surface area contributed by atoms with Crippen LogP contribution in [0.15, 0.2) is 41.2 Å². The van der Waals surface area contributed by atoms with E-state index in [-0.39, 0.29) is 18.5 Å². The quantitative estimate of drug-likeness (QED) is 0.664. The number of urea groups is 1. The maximum absolute atomic E-state index is 13.3. The summed E-state index contributed by atoms with van der Waals surface area (Å²) in [6.07, 6.45) is 2.26.